The van der Waals surface area contributed by atoms with Gasteiger partial charge in [-0.05, 0) is 27.7 Å². The molecule has 0 aromatic carbocycles. The van der Waals surface area contributed by atoms with Gasteiger partial charge in [0.05, 0.1) is 0 Å². The highest BCUT2D eigenvalue weighted by molar-refractivity contribution is 5.67. The normalized spacial score (nSPS) is 15.9. The van der Waals surface area contributed by atoms with Gasteiger partial charge in [-0.15, -0.1) is 0 Å². The molecule has 0 bridgehead atoms. The molecular formula is C9H21N3O2. The number of carbonyl (C=O) groups is 1. The molecule has 0 aromatic rings. The number of rotatable bonds is 3. The van der Waals surface area contributed by atoms with Crippen molar-refractivity contribution < 1.29 is 9.53 Å². The Labute approximate surface area is 85.2 Å². The average Bonchev–Trinajstić information content (AvgIpc) is 1.98. The lowest BCUT2D eigenvalue weighted by Gasteiger charge is -2.25. The monoisotopic (exact) mass is 203 g/mol. The highest BCUT2D eigenvalue weighted by Crippen LogP contribution is 2.06. The van der Waals surface area contributed by atoms with Gasteiger partial charge in [-0.1, -0.05) is 0 Å². The Hall–Kier alpha value is -0.810. The number of nitrogens with one attached hydrogen (secondary N) is 1. The second-order valence-corrected chi connectivity index (χ2v) is 4.71. The van der Waals surface area contributed by atoms with Crippen LogP contribution >= 0.6 is 0 Å². The van der Waals surface area contributed by atoms with Gasteiger partial charge in [0.2, 0.25) is 0 Å². The Bertz CT molecular complexity index is 197. The number of nitrogens with two attached hydrogens (primary N) is 2. The van der Waals surface area contributed by atoms with E-state index >= 15 is 0 Å². The van der Waals surface area contributed by atoms with Gasteiger partial charge in [0.25, 0.3) is 0 Å². The SMILES string of the molecule is CC(N)(CN)CNC(=O)OC(C)(C)C. The number of hydrogen-bond acceptors (Lipinski definition) is 4. The van der Waals surface area contributed by atoms with Crippen molar-refractivity contribution in [1.82, 2.24) is 5.32 Å². The maximum Gasteiger partial charge on any atom is 0.407 e. The molecule has 0 saturated heterocycles. The lowest BCUT2D eigenvalue weighted by atomic mass is 10.1. The van der Waals surface area contributed by atoms with Crippen LogP contribution in [0, 0.1) is 0 Å². The molecule has 1 unspecified atom stereocenters. The van der Waals surface area contributed by atoms with Crippen LogP contribution in [0.25, 0.3) is 0 Å². The topological polar surface area (TPSA) is 90.4 Å². The summed E-state index contributed by atoms with van der Waals surface area (Å²) < 4.78 is 5.03. The summed E-state index contributed by atoms with van der Waals surface area (Å²) in [5, 5.41) is 2.56. The van der Waals surface area contributed by atoms with E-state index in [1.807, 2.05) is 0 Å². The third-order valence-corrected chi connectivity index (χ3v) is 1.50. The van der Waals surface area contributed by atoms with Crippen LogP contribution in [-0.2, 0) is 4.74 Å². The molecule has 5 N–H and O–H groups in total. The molecule has 0 aliphatic carbocycles. The molecular weight excluding hydrogens is 182 g/mol. The van der Waals surface area contributed by atoms with Crippen molar-refractivity contribution in [3.63, 3.8) is 0 Å². The van der Waals surface area contributed by atoms with Gasteiger partial charge in [0.1, 0.15) is 5.60 Å². The Morgan fingerprint density at radius 2 is 1.86 bits per heavy atom. The molecule has 1 atom stereocenters. The minimum atomic E-state index is -0.586. The Kier molecular flexibility index (Phi) is 4.35. The second kappa shape index (κ2) is 4.61. The molecule has 1 amide bonds. The maximum atomic E-state index is 11.2. The number of carbonyl (C=O) groups excluding carboxylic acids is 1. The summed E-state index contributed by atoms with van der Waals surface area (Å²) in [7, 11) is 0. The Morgan fingerprint density at radius 3 is 2.21 bits per heavy atom. The first-order valence-corrected chi connectivity index (χ1v) is 4.62. The van der Waals surface area contributed by atoms with Crippen LogP contribution in [0.5, 0.6) is 0 Å². The minimum Gasteiger partial charge on any atom is -0.444 e. The molecule has 0 aliphatic heterocycles. The van der Waals surface area contributed by atoms with E-state index in [0.29, 0.717) is 13.1 Å². The lowest BCUT2D eigenvalue weighted by Crippen LogP contribution is -2.53. The molecule has 5 nitrogen and oxygen atoms in total. The highest BCUT2D eigenvalue weighted by atomic mass is 16.6. The van der Waals surface area contributed by atoms with Gasteiger partial charge >= 0.3 is 6.09 Å². The van der Waals surface area contributed by atoms with Gasteiger partial charge < -0.3 is 21.5 Å². The fraction of sp³-hybridized carbons (Fsp3) is 0.889. The molecule has 0 heterocycles. The van der Waals surface area contributed by atoms with E-state index in [1.54, 1.807) is 27.7 Å². The first-order valence-electron chi connectivity index (χ1n) is 4.62. The number of ether oxygens (including phenoxy) is 1. The van der Waals surface area contributed by atoms with Gasteiger partial charge in [-0.25, -0.2) is 4.79 Å². The summed E-state index contributed by atoms with van der Waals surface area (Å²) in [6.07, 6.45) is -0.470. The van der Waals surface area contributed by atoms with E-state index in [2.05, 4.69) is 5.32 Å². The molecule has 0 radical (unpaired) electrons. The molecule has 0 saturated carbocycles. The van der Waals surface area contributed by atoms with Crippen LogP contribution in [0.3, 0.4) is 0 Å². The van der Waals surface area contributed by atoms with Gasteiger partial charge in [0.15, 0.2) is 0 Å². The third-order valence-electron chi connectivity index (χ3n) is 1.50. The third kappa shape index (κ3) is 6.68. The van der Waals surface area contributed by atoms with Crippen molar-refractivity contribution in [2.24, 2.45) is 11.5 Å². The molecule has 0 fully saturated rings. The quantitative estimate of drug-likeness (QED) is 0.610. The van der Waals surface area contributed by atoms with E-state index in [9.17, 15) is 4.79 Å². The molecule has 5 heteroatoms. The van der Waals surface area contributed by atoms with Crippen LogP contribution in [0.1, 0.15) is 27.7 Å². The van der Waals surface area contributed by atoms with Crippen molar-refractivity contribution >= 4 is 6.09 Å². The van der Waals surface area contributed by atoms with Gasteiger partial charge in [-0.3, -0.25) is 0 Å². The zero-order chi connectivity index (χ0) is 11.4. The van der Waals surface area contributed by atoms with Gasteiger partial charge in [0, 0.05) is 18.6 Å². The smallest absolute Gasteiger partial charge is 0.407 e. The van der Waals surface area contributed by atoms with Crippen LogP contribution in [0.15, 0.2) is 0 Å². The van der Waals surface area contributed by atoms with Crippen molar-refractivity contribution in [1.29, 1.82) is 0 Å². The van der Waals surface area contributed by atoms with Crippen molar-refractivity contribution in [2.75, 3.05) is 13.1 Å². The minimum absolute atomic E-state index is 0.304. The first kappa shape index (κ1) is 13.2. The number of hydrogen-bond donors (Lipinski definition) is 3. The predicted octanol–water partition coefficient (Wildman–Crippen LogP) is 0.187. The first-order chi connectivity index (χ1) is 6.16. The molecule has 0 rings (SSSR count). The van der Waals surface area contributed by atoms with Crippen LogP contribution in [0.4, 0.5) is 4.79 Å². The average molecular weight is 203 g/mol. The summed E-state index contributed by atoms with van der Waals surface area (Å²) in [6.45, 7) is 7.79. The summed E-state index contributed by atoms with van der Waals surface area (Å²) in [6, 6.07) is 0. The van der Waals surface area contributed by atoms with E-state index in [1.165, 1.54) is 0 Å². The van der Waals surface area contributed by atoms with Crippen molar-refractivity contribution in [3.8, 4) is 0 Å². The van der Waals surface area contributed by atoms with Crippen LogP contribution < -0.4 is 16.8 Å². The van der Waals surface area contributed by atoms with Gasteiger partial charge in [-0.2, -0.15) is 0 Å². The molecule has 84 valence electrons. The summed E-state index contributed by atoms with van der Waals surface area (Å²) >= 11 is 0. The lowest BCUT2D eigenvalue weighted by molar-refractivity contribution is 0.0517. The number of amides is 1. The fourth-order valence-electron chi connectivity index (χ4n) is 0.660. The fourth-order valence-corrected chi connectivity index (χ4v) is 0.660. The molecule has 0 aromatic heterocycles. The molecule has 0 spiro atoms. The molecule has 14 heavy (non-hydrogen) atoms. The predicted molar refractivity (Wildman–Crippen MR) is 55.9 cm³/mol. The summed E-state index contributed by atoms with van der Waals surface area (Å²) in [5.74, 6) is 0. The molecule has 0 aliphatic rings. The van der Waals surface area contributed by atoms with Crippen molar-refractivity contribution in [2.45, 2.75) is 38.8 Å². The number of alkyl carbamates (subject to hydrolysis) is 1. The van der Waals surface area contributed by atoms with E-state index in [4.69, 9.17) is 16.2 Å². The highest BCUT2D eigenvalue weighted by Gasteiger charge is 2.20. The Balaban J connectivity index is 3.87. The van der Waals surface area contributed by atoms with E-state index < -0.39 is 17.2 Å². The summed E-state index contributed by atoms with van der Waals surface area (Å²) in [5.41, 5.74) is 10.1. The van der Waals surface area contributed by atoms with E-state index in [0.717, 1.165) is 0 Å². The van der Waals surface area contributed by atoms with E-state index in [-0.39, 0.29) is 0 Å². The zero-order valence-electron chi connectivity index (χ0n) is 9.39. The van der Waals surface area contributed by atoms with Crippen LogP contribution in [-0.4, -0.2) is 30.3 Å². The largest absolute Gasteiger partial charge is 0.444 e. The second-order valence-electron chi connectivity index (χ2n) is 4.71. The zero-order valence-corrected chi connectivity index (χ0v) is 9.39. The van der Waals surface area contributed by atoms with Crippen LogP contribution in [0.2, 0.25) is 0 Å². The van der Waals surface area contributed by atoms with Crippen molar-refractivity contribution in [3.05, 3.63) is 0 Å². The maximum absolute atomic E-state index is 11.2. The Morgan fingerprint density at radius 1 is 1.36 bits per heavy atom. The summed E-state index contributed by atoms with van der Waals surface area (Å²) in [4.78, 5) is 11.2. The standard InChI is InChI=1S/C9H21N3O2/c1-8(2,3)14-7(13)12-6-9(4,11)5-10/h5-6,10-11H2,1-4H3,(H,12,13).